The van der Waals surface area contributed by atoms with Crippen LogP contribution in [-0.4, -0.2) is 44.3 Å². The van der Waals surface area contributed by atoms with Crippen molar-refractivity contribution in [3.8, 4) is 11.5 Å². The van der Waals surface area contributed by atoms with E-state index in [1.54, 1.807) is 0 Å². The highest BCUT2D eigenvalue weighted by Crippen LogP contribution is 2.37. The maximum atomic E-state index is 5.97. The maximum absolute atomic E-state index is 5.97. The Hall–Kier alpha value is -0.780. The summed E-state index contributed by atoms with van der Waals surface area (Å²) in [5, 5.41) is 0. The second-order valence-electron chi connectivity index (χ2n) is 5.27. The van der Waals surface area contributed by atoms with Gasteiger partial charge < -0.3 is 15.2 Å². The highest BCUT2D eigenvalue weighted by molar-refractivity contribution is 9.10. The molecule has 0 saturated carbocycles. The molecule has 0 aromatic heterocycles. The molecule has 21 heavy (non-hydrogen) atoms. The first-order chi connectivity index (χ1) is 10.2. The van der Waals surface area contributed by atoms with E-state index < -0.39 is 0 Å². The van der Waals surface area contributed by atoms with Crippen LogP contribution in [0.3, 0.4) is 0 Å². The lowest BCUT2D eigenvalue weighted by Crippen LogP contribution is -2.25. The second kappa shape index (κ2) is 8.61. The quantitative estimate of drug-likeness (QED) is 0.777. The normalized spacial score (nSPS) is 15.4. The Bertz CT molecular complexity index is 448. The fourth-order valence-corrected chi connectivity index (χ4v) is 3.22. The number of rotatable bonds is 8. The molecule has 1 fully saturated rings. The molecule has 0 spiro atoms. The van der Waals surface area contributed by atoms with Gasteiger partial charge in [0.05, 0.1) is 11.1 Å². The highest BCUT2D eigenvalue weighted by atomic mass is 79.9. The Morgan fingerprint density at radius 2 is 2.00 bits per heavy atom. The molecule has 2 rings (SSSR count). The van der Waals surface area contributed by atoms with Crippen LogP contribution in [0.1, 0.15) is 25.3 Å². The van der Waals surface area contributed by atoms with E-state index in [1.807, 2.05) is 13.0 Å². The van der Waals surface area contributed by atoms with Gasteiger partial charge in [0.25, 0.3) is 0 Å². The molecule has 118 valence electrons. The van der Waals surface area contributed by atoms with Crippen LogP contribution in [0, 0.1) is 0 Å². The van der Waals surface area contributed by atoms with Crippen LogP contribution >= 0.6 is 15.9 Å². The zero-order valence-electron chi connectivity index (χ0n) is 12.7. The molecule has 5 heteroatoms. The molecule has 1 saturated heterocycles. The number of likely N-dealkylation sites (tertiary alicyclic amines) is 1. The minimum atomic E-state index is 0.626. The van der Waals surface area contributed by atoms with Gasteiger partial charge in [0.2, 0.25) is 0 Å². The average Bonchev–Trinajstić information content (AvgIpc) is 2.95. The zero-order valence-corrected chi connectivity index (χ0v) is 14.3. The number of nitrogens with zero attached hydrogens (tertiary/aromatic N) is 1. The third kappa shape index (κ3) is 4.87. The monoisotopic (exact) mass is 356 g/mol. The first-order valence-electron chi connectivity index (χ1n) is 7.75. The smallest absolute Gasteiger partial charge is 0.175 e. The molecule has 4 nitrogen and oxygen atoms in total. The van der Waals surface area contributed by atoms with E-state index in [0.29, 0.717) is 19.8 Å². The fourth-order valence-electron chi connectivity index (χ4n) is 2.62. The van der Waals surface area contributed by atoms with Crippen LogP contribution in [0.15, 0.2) is 16.6 Å². The third-order valence-electron chi connectivity index (χ3n) is 3.65. The molecule has 1 heterocycles. The molecule has 2 N–H and O–H groups in total. The van der Waals surface area contributed by atoms with Crippen molar-refractivity contribution in [1.29, 1.82) is 0 Å². The zero-order chi connectivity index (χ0) is 15.1. The second-order valence-corrected chi connectivity index (χ2v) is 6.13. The van der Waals surface area contributed by atoms with E-state index in [2.05, 4.69) is 26.9 Å². The van der Waals surface area contributed by atoms with Gasteiger partial charge in [-0.05, 0) is 79.4 Å². The number of hydrogen-bond donors (Lipinski definition) is 1. The molecule has 1 aliphatic heterocycles. The summed E-state index contributed by atoms with van der Waals surface area (Å²) in [7, 11) is 0. The van der Waals surface area contributed by atoms with Crippen molar-refractivity contribution in [2.45, 2.75) is 26.2 Å². The van der Waals surface area contributed by atoms with Crippen molar-refractivity contribution in [2.75, 3.05) is 39.4 Å². The van der Waals surface area contributed by atoms with Crippen LogP contribution in [0.5, 0.6) is 11.5 Å². The number of halogens is 1. The summed E-state index contributed by atoms with van der Waals surface area (Å²) in [4.78, 5) is 2.44. The van der Waals surface area contributed by atoms with Gasteiger partial charge in [-0.15, -0.1) is 0 Å². The summed E-state index contributed by atoms with van der Waals surface area (Å²) < 4.78 is 12.6. The van der Waals surface area contributed by atoms with E-state index in [4.69, 9.17) is 15.2 Å². The molecule has 1 aliphatic rings. The van der Waals surface area contributed by atoms with Crippen molar-refractivity contribution in [3.63, 3.8) is 0 Å². The Labute approximate surface area is 135 Å². The minimum Gasteiger partial charge on any atom is -0.490 e. The number of nitrogens with two attached hydrogens (primary N) is 1. The molecule has 0 aliphatic carbocycles. The molecule has 0 unspecified atom stereocenters. The van der Waals surface area contributed by atoms with Gasteiger partial charge in [-0.25, -0.2) is 0 Å². The van der Waals surface area contributed by atoms with Gasteiger partial charge in [-0.2, -0.15) is 0 Å². The SMILES string of the molecule is CCOc1cc(CCN)cc(Br)c1OCCN1CCCC1. The number of ether oxygens (including phenoxy) is 2. The Morgan fingerprint density at radius 3 is 2.67 bits per heavy atom. The van der Waals surface area contributed by atoms with Crippen molar-refractivity contribution in [3.05, 3.63) is 22.2 Å². The van der Waals surface area contributed by atoms with Crippen molar-refractivity contribution in [1.82, 2.24) is 4.90 Å². The lowest BCUT2D eigenvalue weighted by Gasteiger charge is -2.18. The maximum Gasteiger partial charge on any atom is 0.175 e. The predicted octanol–water partition coefficient (Wildman–Crippen LogP) is 2.82. The van der Waals surface area contributed by atoms with E-state index in [1.165, 1.54) is 31.5 Å². The molecule has 1 aromatic carbocycles. The molecule has 0 bridgehead atoms. The van der Waals surface area contributed by atoms with Crippen LogP contribution in [0.25, 0.3) is 0 Å². The Kier molecular flexibility index (Phi) is 6.80. The molecule has 1 aromatic rings. The lowest BCUT2D eigenvalue weighted by molar-refractivity contribution is 0.225. The van der Waals surface area contributed by atoms with Crippen molar-refractivity contribution in [2.24, 2.45) is 5.73 Å². The standard InChI is InChI=1S/C16H25BrN2O2/c1-2-20-15-12-13(5-6-18)11-14(17)16(15)21-10-9-19-7-3-4-8-19/h11-12H,2-10,18H2,1H3. The van der Waals surface area contributed by atoms with E-state index >= 15 is 0 Å². The number of hydrogen-bond acceptors (Lipinski definition) is 4. The summed E-state index contributed by atoms with van der Waals surface area (Å²) in [6.07, 6.45) is 3.45. The topological polar surface area (TPSA) is 47.7 Å². The van der Waals surface area contributed by atoms with E-state index in [-0.39, 0.29) is 0 Å². The highest BCUT2D eigenvalue weighted by Gasteiger charge is 2.14. The van der Waals surface area contributed by atoms with Crippen LogP contribution < -0.4 is 15.2 Å². The van der Waals surface area contributed by atoms with Crippen LogP contribution in [0.4, 0.5) is 0 Å². The van der Waals surface area contributed by atoms with Gasteiger partial charge in [0.1, 0.15) is 6.61 Å². The molecular weight excluding hydrogens is 332 g/mol. The average molecular weight is 357 g/mol. The third-order valence-corrected chi connectivity index (χ3v) is 4.24. The predicted molar refractivity (Wildman–Crippen MR) is 89.2 cm³/mol. The van der Waals surface area contributed by atoms with Crippen molar-refractivity contribution < 1.29 is 9.47 Å². The fraction of sp³-hybridized carbons (Fsp3) is 0.625. The first kappa shape index (κ1) is 16.6. The van der Waals surface area contributed by atoms with E-state index in [9.17, 15) is 0 Å². The van der Waals surface area contributed by atoms with Gasteiger partial charge in [0, 0.05) is 6.54 Å². The summed E-state index contributed by atoms with van der Waals surface area (Å²) in [5.41, 5.74) is 6.80. The molecular formula is C16H25BrN2O2. The van der Waals surface area contributed by atoms with Crippen LogP contribution in [-0.2, 0) is 6.42 Å². The van der Waals surface area contributed by atoms with Gasteiger partial charge >= 0.3 is 0 Å². The summed E-state index contributed by atoms with van der Waals surface area (Å²) in [6.45, 7) is 7.29. The Balaban J connectivity index is 2.01. The van der Waals surface area contributed by atoms with E-state index in [0.717, 1.165) is 28.9 Å². The van der Waals surface area contributed by atoms with Gasteiger partial charge in [-0.3, -0.25) is 4.90 Å². The Morgan fingerprint density at radius 1 is 1.24 bits per heavy atom. The van der Waals surface area contributed by atoms with Gasteiger partial charge in [0.15, 0.2) is 11.5 Å². The minimum absolute atomic E-state index is 0.626. The lowest BCUT2D eigenvalue weighted by atomic mass is 10.1. The molecule has 0 atom stereocenters. The summed E-state index contributed by atoms with van der Waals surface area (Å²) in [5.74, 6) is 1.61. The molecule has 0 radical (unpaired) electrons. The number of benzene rings is 1. The van der Waals surface area contributed by atoms with Crippen LogP contribution in [0.2, 0.25) is 0 Å². The first-order valence-corrected chi connectivity index (χ1v) is 8.54. The summed E-state index contributed by atoms with van der Waals surface area (Å²) in [6, 6.07) is 4.10. The summed E-state index contributed by atoms with van der Waals surface area (Å²) >= 11 is 3.59. The van der Waals surface area contributed by atoms with Crippen molar-refractivity contribution >= 4 is 15.9 Å². The van der Waals surface area contributed by atoms with Gasteiger partial charge in [-0.1, -0.05) is 0 Å². The molecule has 0 amide bonds. The largest absolute Gasteiger partial charge is 0.490 e.